The lowest BCUT2D eigenvalue weighted by Crippen LogP contribution is -2.54. The molecule has 1 heterocycles. The second-order valence-corrected chi connectivity index (χ2v) is 7.40. The predicted molar refractivity (Wildman–Crippen MR) is 95.2 cm³/mol. The van der Waals surface area contributed by atoms with Crippen molar-refractivity contribution in [3.05, 3.63) is 48.1 Å². The van der Waals surface area contributed by atoms with Crippen LogP contribution in [-0.4, -0.2) is 45.7 Å². The monoisotopic (exact) mass is 381 g/mol. The Morgan fingerprint density at radius 2 is 2.04 bits per heavy atom. The predicted octanol–water partition coefficient (Wildman–Crippen LogP) is 2.95. The lowest BCUT2D eigenvalue weighted by atomic mass is 9.68. The molecule has 1 saturated heterocycles. The molecule has 1 aromatic carbocycles. The summed E-state index contributed by atoms with van der Waals surface area (Å²) in [4.78, 5) is 23.2. The van der Waals surface area contributed by atoms with Gasteiger partial charge in [0.15, 0.2) is 21.2 Å². The molecule has 3 unspecified atom stereocenters. The molecule has 1 aliphatic carbocycles. The summed E-state index contributed by atoms with van der Waals surface area (Å²) in [7, 11) is 2.80. The lowest BCUT2D eigenvalue weighted by molar-refractivity contribution is -0.137. The van der Waals surface area contributed by atoms with Gasteiger partial charge in [-0.15, -0.1) is 23.2 Å². The molecule has 3 atom stereocenters. The topological polar surface area (TPSA) is 66.8 Å². The van der Waals surface area contributed by atoms with Gasteiger partial charge in [0.1, 0.15) is 0 Å². The molecule has 1 aliphatic heterocycles. The minimum absolute atomic E-state index is 0.0436. The summed E-state index contributed by atoms with van der Waals surface area (Å²) in [6.07, 6.45) is 3.50. The average molecular weight is 382 g/mol. The number of allylic oxidation sites excluding steroid dienone is 3. The first-order valence-corrected chi connectivity index (χ1v) is 8.37. The zero-order valence-electron chi connectivity index (χ0n) is 13.8. The number of hydrogen-bond acceptors (Lipinski definition) is 4. The first-order valence-electron chi connectivity index (χ1n) is 7.62. The molecule has 0 bridgehead atoms. The van der Waals surface area contributed by atoms with Crippen LogP contribution in [0.4, 0.5) is 0 Å². The Labute approximate surface area is 155 Å². The van der Waals surface area contributed by atoms with Gasteiger partial charge >= 0.3 is 0 Å². The van der Waals surface area contributed by atoms with E-state index < -0.39 is 27.5 Å². The van der Waals surface area contributed by atoms with E-state index in [0.717, 1.165) is 4.90 Å². The molecule has 1 fully saturated rings. The van der Waals surface area contributed by atoms with Crippen molar-refractivity contribution in [2.24, 2.45) is 0 Å². The van der Waals surface area contributed by atoms with Crippen molar-refractivity contribution in [2.45, 2.75) is 22.1 Å². The molecule has 132 valence electrons. The Kier molecular flexibility index (Phi) is 4.12. The summed E-state index contributed by atoms with van der Waals surface area (Å²) in [6.45, 7) is 3.79. The number of phenolic OH excluding ortho intramolecular Hbond substituents is 1. The molecule has 0 spiro atoms. The summed E-state index contributed by atoms with van der Waals surface area (Å²) < 4.78 is 5.15. The van der Waals surface area contributed by atoms with E-state index in [1.165, 1.54) is 20.2 Å². The van der Waals surface area contributed by atoms with Gasteiger partial charge in [0.05, 0.1) is 7.11 Å². The molecule has 1 aromatic rings. The van der Waals surface area contributed by atoms with Gasteiger partial charge in [-0.1, -0.05) is 24.8 Å². The SMILES string of the molecule is C=CC1=CCC2(Cl)C(=O)N(C)C(=O)C2(Cl)C1c1ccc(O)c(OC)c1. The van der Waals surface area contributed by atoms with Crippen molar-refractivity contribution in [3.8, 4) is 11.5 Å². The van der Waals surface area contributed by atoms with E-state index in [1.807, 2.05) is 0 Å². The van der Waals surface area contributed by atoms with Crippen LogP contribution in [0.5, 0.6) is 11.5 Å². The Balaban J connectivity index is 2.27. The third-order valence-electron chi connectivity index (χ3n) is 4.96. The summed E-state index contributed by atoms with van der Waals surface area (Å²) in [5, 5.41) is 9.85. The Morgan fingerprint density at radius 3 is 2.64 bits per heavy atom. The molecule has 2 amide bonds. The van der Waals surface area contributed by atoms with Gasteiger partial charge in [0, 0.05) is 13.0 Å². The number of carbonyl (C=O) groups excluding carboxylic acids is 2. The fourth-order valence-electron chi connectivity index (χ4n) is 3.62. The second-order valence-electron chi connectivity index (χ2n) is 6.16. The number of carbonyl (C=O) groups is 2. The standard InChI is InChI=1S/C18H17Cl2NO4/c1-4-10-7-8-17(19)15(23)21(2)16(24)18(17,20)14(10)11-5-6-12(22)13(9-11)25-3/h4-7,9,14,22H,1,8H2,2-3H3. The van der Waals surface area contributed by atoms with Gasteiger partial charge in [-0.05, 0) is 29.7 Å². The molecule has 1 N–H and O–H groups in total. The molecule has 3 rings (SSSR count). The van der Waals surface area contributed by atoms with Crippen molar-refractivity contribution < 1.29 is 19.4 Å². The number of halogens is 2. The van der Waals surface area contributed by atoms with Crippen LogP contribution in [0.3, 0.4) is 0 Å². The van der Waals surface area contributed by atoms with Gasteiger partial charge in [0.25, 0.3) is 11.8 Å². The molecule has 7 heteroatoms. The molecular weight excluding hydrogens is 365 g/mol. The van der Waals surface area contributed by atoms with Crippen LogP contribution in [0.15, 0.2) is 42.5 Å². The van der Waals surface area contributed by atoms with E-state index in [4.69, 9.17) is 27.9 Å². The quantitative estimate of drug-likeness (QED) is 0.645. The first kappa shape index (κ1) is 17.8. The minimum atomic E-state index is -1.69. The molecule has 0 saturated carbocycles. The number of aromatic hydroxyl groups is 1. The highest BCUT2D eigenvalue weighted by Crippen LogP contribution is 2.59. The van der Waals surface area contributed by atoms with Crippen molar-refractivity contribution in [3.63, 3.8) is 0 Å². The second kappa shape index (κ2) is 5.78. The number of ether oxygens (including phenoxy) is 1. The number of alkyl halides is 2. The summed E-state index contributed by atoms with van der Waals surface area (Å²) >= 11 is 13.4. The highest BCUT2D eigenvalue weighted by Gasteiger charge is 2.72. The minimum Gasteiger partial charge on any atom is -0.504 e. The van der Waals surface area contributed by atoms with Crippen LogP contribution in [-0.2, 0) is 9.59 Å². The normalized spacial score (nSPS) is 31.6. The van der Waals surface area contributed by atoms with Crippen LogP contribution in [0.2, 0.25) is 0 Å². The number of nitrogens with zero attached hydrogens (tertiary/aromatic N) is 1. The van der Waals surface area contributed by atoms with E-state index >= 15 is 0 Å². The third-order valence-corrected chi connectivity index (χ3v) is 6.37. The maximum atomic E-state index is 12.9. The number of imide groups is 1. The molecule has 25 heavy (non-hydrogen) atoms. The smallest absolute Gasteiger partial charge is 0.253 e. The van der Waals surface area contributed by atoms with Gasteiger partial charge in [-0.3, -0.25) is 14.5 Å². The number of methoxy groups -OCH3 is 1. The van der Waals surface area contributed by atoms with Crippen molar-refractivity contribution in [1.29, 1.82) is 0 Å². The van der Waals surface area contributed by atoms with E-state index in [1.54, 1.807) is 24.3 Å². The van der Waals surface area contributed by atoms with Crippen LogP contribution < -0.4 is 4.74 Å². The lowest BCUT2D eigenvalue weighted by Gasteiger charge is -2.42. The Morgan fingerprint density at radius 1 is 1.36 bits per heavy atom. The highest BCUT2D eigenvalue weighted by molar-refractivity contribution is 6.53. The molecule has 0 radical (unpaired) electrons. The van der Waals surface area contributed by atoms with E-state index in [0.29, 0.717) is 11.1 Å². The maximum absolute atomic E-state index is 12.9. The average Bonchev–Trinajstić information content (AvgIpc) is 2.74. The van der Waals surface area contributed by atoms with Crippen LogP contribution in [0, 0.1) is 0 Å². The van der Waals surface area contributed by atoms with Crippen molar-refractivity contribution >= 4 is 35.0 Å². The van der Waals surface area contributed by atoms with Crippen molar-refractivity contribution in [2.75, 3.05) is 14.2 Å². The van der Waals surface area contributed by atoms with Crippen LogP contribution in [0.25, 0.3) is 0 Å². The number of amides is 2. The number of benzene rings is 1. The van der Waals surface area contributed by atoms with E-state index in [9.17, 15) is 14.7 Å². The zero-order valence-corrected chi connectivity index (χ0v) is 15.3. The molecule has 5 nitrogen and oxygen atoms in total. The fourth-order valence-corrected chi connectivity index (χ4v) is 4.55. The summed E-state index contributed by atoms with van der Waals surface area (Å²) in [5.74, 6) is -1.60. The first-order chi connectivity index (χ1) is 11.7. The maximum Gasteiger partial charge on any atom is 0.253 e. The van der Waals surface area contributed by atoms with E-state index in [2.05, 4.69) is 6.58 Å². The number of fused-ring (bicyclic) bond motifs is 1. The summed E-state index contributed by atoms with van der Waals surface area (Å²) in [6, 6.07) is 4.66. The molecule has 0 aromatic heterocycles. The van der Waals surface area contributed by atoms with Gasteiger partial charge < -0.3 is 9.84 Å². The summed E-state index contributed by atoms with van der Waals surface area (Å²) in [5.41, 5.74) is 1.28. The van der Waals surface area contributed by atoms with Crippen molar-refractivity contribution in [1.82, 2.24) is 4.90 Å². The Hall–Kier alpha value is -1.98. The zero-order chi connectivity index (χ0) is 18.6. The third kappa shape index (κ3) is 2.15. The number of phenols is 1. The van der Waals surface area contributed by atoms with Gasteiger partial charge in [0.2, 0.25) is 0 Å². The largest absolute Gasteiger partial charge is 0.504 e. The fraction of sp³-hybridized carbons (Fsp3) is 0.333. The molecule has 2 aliphatic rings. The van der Waals surface area contributed by atoms with Gasteiger partial charge in [-0.25, -0.2) is 0 Å². The van der Waals surface area contributed by atoms with Crippen LogP contribution >= 0.6 is 23.2 Å². The Bertz CT molecular complexity index is 821. The van der Waals surface area contributed by atoms with Crippen LogP contribution in [0.1, 0.15) is 17.9 Å². The number of hydrogen-bond donors (Lipinski definition) is 1. The molecular formula is C18H17Cl2NO4. The van der Waals surface area contributed by atoms with Gasteiger partial charge in [-0.2, -0.15) is 0 Å². The number of likely N-dealkylation sites (tertiary alicyclic amines) is 1. The highest BCUT2D eigenvalue weighted by atomic mass is 35.5. The van der Waals surface area contributed by atoms with E-state index in [-0.39, 0.29) is 17.9 Å². The number of rotatable bonds is 3.